The minimum Gasteiger partial charge on any atom is -0.355 e. The van der Waals surface area contributed by atoms with E-state index in [4.69, 9.17) is 0 Å². The van der Waals surface area contributed by atoms with Crippen LogP contribution in [0.25, 0.3) is 21.7 Å². The van der Waals surface area contributed by atoms with Gasteiger partial charge in [-0.2, -0.15) is 0 Å². The Labute approximate surface area is 179 Å². The number of benzene rings is 3. The number of nitrogens with one attached hydrogen (secondary N) is 1. The molecule has 0 saturated heterocycles. The van der Waals surface area contributed by atoms with Crippen LogP contribution in [0, 0.1) is 0 Å². The fourth-order valence-corrected chi connectivity index (χ4v) is 4.27. The zero-order valence-corrected chi connectivity index (χ0v) is 17.8. The largest absolute Gasteiger partial charge is 0.355 e. The van der Waals surface area contributed by atoms with Crippen molar-refractivity contribution >= 4 is 39.3 Å². The first kappa shape index (κ1) is 20.2. The highest BCUT2D eigenvalue weighted by atomic mass is 32.2. The molecule has 0 radical (unpaired) electrons. The Bertz CT molecular complexity index is 1270. The minimum atomic E-state index is -0.364. The molecule has 1 aromatic heterocycles. The Morgan fingerprint density at radius 1 is 1.07 bits per heavy atom. The maximum Gasteiger partial charge on any atom is 0.261 e. The molecule has 0 aliphatic rings. The van der Waals surface area contributed by atoms with Gasteiger partial charge in [0.1, 0.15) is 0 Å². The number of nitrogens with zero attached hydrogens (tertiary/aromatic N) is 2. The first-order valence-electron chi connectivity index (χ1n) is 9.91. The van der Waals surface area contributed by atoms with Crippen LogP contribution in [0.3, 0.4) is 0 Å². The first-order chi connectivity index (χ1) is 14.5. The zero-order chi connectivity index (χ0) is 21.1. The predicted octanol–water partition coefficient (Wildman–Crippen LogP) is 3.93. The van der Waals surface area contributed by atoms with Gasteiger partial charge in [0.2, 0.25) is 5.91 Å². The molecule has 0 aliphatic heterocycles. The normalized spacial score (nSPS) is 12.2. The molecule has 30 heavy (non-hydrogen) atoms. The third-order valence-electron chi connectivity index (χ3n) is 5.11. The van der Waals surface area contributed by atoms with Crippen LogP contribution in [-0.4, -0.2) is 27.3 Å². The van der Waals surface area contributed by atoms with Crippen LogP contribution in [0.15, 0.2) is 76.7 Å². The lowest BCUT2D eigenvalue weighted by atomic mass is 10.1. The van der Waals surface area contributed by atoms with Crippen molar-refractivity contribution in [2.24, 2.45) is 7.05 Å². The summed E-state index contributed by atoms with van der Waals surface area (Å²) in [6, 6.07) is 21.8. The number of carbonyl (C=O) groups excluding carboxylic acids is 1. The van der Waals surface area contributed by atoms with E-state index in [0.29, 0.717) is 22.6 Å². The molecule has 4 aromatic rings. The third kappa shape index (κ3) is 4.24. The van der Waals surface area contributed by atoms with Crippen LogP contribution in [0.1, 0.15) is 12.5 Å². The summed E-state index contributed by atoms with van der Waals surface area (Å²) >= 11 is 1.30. The van der Waals surface area contributed by atoms with Crippen molar-refractivity contribution < 1.29 is 4.79 Å². The lowest BCUT2D eigenvalue weighted by Crippen LogP contribution is -2.33. The molecular formula is C24H23N3O2S. The maximum absolute atomic E-state index is 12.9. The first-order valence-corrected chi connectivity index (χ1v) is 10.8. The van der Waals surface area contributed by atoms with Crippen LogP contribution in [0.5, 0.6) is 0 Å². The van der Waals surface area contributed by atoms with Crippen molar-refractivity contribution in [1.82, 2.24) is 14.9 Å². The molecule has 152 valence electrons. The van der Waals surface area contributed by atoms with Crippen LogP contribution in [0.2, 0.25) is 0 Å². The zero-order valence-electron chi connectivity index (χ0n) is 17.0. The number of amides is 1. The van der Waals surface area contributed by atoms with E-state index in [1.165, 1.54) is 21.9 Å². The molecule has 0 spiro atoms. The second-order valence-corrected chi connectivity index (χ2v) is 8.57. The number of rotatable bonds is 6. The summed E-state index contributed by atoms with van der Waals surface area (Å²) < 4.78 is 1.52. The van der Waals surface area contributed by atoms with Crippen LogP contribution < -0.4 is 10.9 Å². The summed E-state index contributed by atoms with van der Waals surface area (Å²) in [6.07, 6.45) is 0.781. The average Bonchev–Trinajstić information content (AvgIpc) is 2.77. The number of hydrogen-bond acceptors (Lipinski definition) is 4. The number of carbonyl (C=O) groups is 1. The van der Waals surface area contributed by atoms with Crippen LogP contribution in [-0.2, 0) is 18.3 Å². The standard InChI is InChI=1S/C24H23N3O2S/c1-16(22(28)25-13-12-17-8-4-3-5-9-17)30-24-26-21-15-19-11-7-6-10-18(19)14-20(21)23(29)27(24)2/h3-11,14-16H,12-13H2,1-2H3,(H,25,28)/t16-/m1/s1. The van der Waals surface area contributed by atoms with Crippen molar-refractivity contribution in [3.63, 3.8) is 0 Å². The molecule has 1 atom stereocenters. The molecular weight excluding hydrogens is 394 g/mol. The van der Waals surface area contributed by atoms with Gasteiger partial charge in [0.25, 0.3) is 5.56 Å². The van der Waals surface area contributed by atoms with Gasteiger partial charge in [0, 0.05) is 13.6 Å². The third-order valence-corrected chi connectivity index (χ3v) is 6.25. The Morgan fingerprint density at radius 2 is 1.73 bits per heavy atom. The van der Waals surface area contributed by atoms with Crippen molar-refractivity contribution in [2.45, 2.75) is 23.8 Å². The molecule has 3 aromatic carbocycles. The topological polar surface area (TPSA) is 64.0 Å². The smallest absolute Gasteiger partial charge is 0.261 e. The van der Waals surface area contributed by atoms with E-state index in [-0.39, 0.29) is 16.7 Å². The maximum atomic E-state index is 12.9. The molecule has 5 nitrogen and oxygen atoms in total. The number of thioether (sulfide) groups is 1. The molecule has 0 unspecified atom stereocenters. The molecule has 6 heteroatoms. The predicted molar refractivity (Wildman–Crippen MR) is 123 cm³/mol. The van der Waals surface area contributed by atoms with Gasteiger partial charge >= 0.3 is 0 Å². The summed E-state index contributed by atoms with van der Waals surface area (Å²) in [7, 11) is 1.70. The minimum absolute atomic E-state index is 0.0659. The highest BCUT2D eigenvalue weighted by molar-refractivity contribution is 8.00. The van der Waals surface area contributed by atoms with Gasteiger partial charge in [-0.15, -0.1) is 0 Å². The Morgan fingerprint density at radius 3 is 2.47 bits per heavy atom. The van der Waals surface area contributed by atoms with E-state index in [2.05, 4.69) is 10.3 Å². The lowest BCUT2D eigenvalue weighted by molar-refractivity contribution is -0.120. The number of hydrogen-bond donors (Lipinski definition) is 1. The fraction of sp³-hybridized carbons (Fsp3) is 0.208. The van der Waals surface area contributed by atoms with E-state index < -0.39 is 0 Å². The van der Waals surface area contributed by atoms with Gasteiger partial charge in [-0.1, -0.05) is 66.4 Å². The van der Waals surface area contributed by atoms with Crippen molar-refractivity contribution in [3.05, 3.63) is 82.6 Å². The van der Waals surface area contributed by atoms with Gasteiger partial charge in [-0.25, -0.2) is 4.98 Å². The molecule has 0 saturated carbocycles. The Kier molecular flexibility index (Phi) is 5.86. The van der Waals surface area contributed by atoms with Crippen LogP contribution in [0.4, 0.5) is 0 Å². The molecule has 0 bridgehead atoms. The summed E-state index contributed by atoms with van der Waals surface area (Å²) in [4.78, 5) is 30.1. The van der Waals surface area contributed by atoms with Crippen LogP contribution >= 0.6 is 11.8 Å². The van der Waals surface area contributed by atoms with E-state index in [0.717, 1.165) is 17.2 Å². The Hall–Kier alpha value is -3.12. The summed E-state index contributed by atoms with van der Waals surface area (Å²) in [5.74, 6) is -0.0659. The molecule has 0 aliphatic carbocycles. The van der Waals surface area contributed by atoms with Gasteiger partial charge in [0.15, 0.2) is 5.16 Å². The van der Waals surface area contributed by atoms with Crippen molar-refractivity contribution in [3.8, 4) is 0 Å². The van der Waals surface area contributed by atoms with E-state index >= 15 is 0 Å². The Balaban J connectivity index is 1.51. The molecule has 1 amide bonds. The molecule has 0 fully saturated rings. The average molecular weight is 418 g/mol. The van der Waals surface area contributed by atoms with E-state index in [9.17, 15) is 9.59 Å². The summed E-state index contributed by atoms with van der Waals surface area (Å²) in [6.45, 7) is 2.41. The lowest BCUT2D eigenvalue weighted by Gasteiger charge is -2.14. The van der Waals surface area contributed by atoms with E-state index in [1.807, 2.05) is 73.7 Å². The van der Waals surface area contributed by atoms with Gasteiger partial charge in [-0.05, 0) is 41.8 Å². The van der Waals surface area contributed by atoms with Crippen molar-refractivity contribution in [2.75, 3.05) is 6.54 Å². The van der Waals surface area contributed by atoms with E-state index in [1.54, 1.807) is 7.05 Å². The van der Waals surface area contributed by atoms with Gasteiger partial charge in [0.05, 0.1) is 16.2 Å². The van der Waals surface area contributed by atoms with Gasteiger partial charge < -0.3 is 5.32 Å². The highest BCUT2D eigenvalue weighted by Gasteiger charge is 2.18. The molecule has 4 rings (SSSR count). The quantitative estimate of drug-likeness (QED) is 0.293. The monoisotopic (exact) mass is 417 g/mol. The highest BCUT2D eigenvalue weighted by Crippen LogP contribution is 2.24. The fourth-order valence-electron chi connectivity index (χ4n) is 3.37. The molecule has 1 heterocycles. The number of fused-ring (bicyclic) bond motifs is 2. The van der Waals surface area contributed by atoms with Gasteiger partial charge in [-0.3, -0.25) is 14.2 Å². The summed E-state index contributed by atoms with van der Waals surface area (Å²) in [5.41, 5.74) is 1.73. The van der Waals surface area contributed by atoms with Crippen molar-refractivity contribution in [1.29, 1.82) is 0 Å². The SMILES string of the molecule is C[C@@H](Sc1nc2cc3ccccc3cc2c(=O)n1C)C(=O)NCCc1ccccc1. The summed E-state index contributed by atoms with van der Waals surface area (Å²) in [5, 5.41) is 5.77. The number of aromatic nitrogens is 2. The second-order valence-electron chi connectivity index (χ2n) is 7.26. The molecule has 1 N–H and O–H groups in total. The second kappa shape index (κ2) is 8.71.